The topological polar surface area (TPSA) is 76.8 Å². The number of rotatable bonds is 2. The Kier molecular flexibility index (Phi) is 3.83. The second-order valence-electron chi connectivity index (χ2n) is 3.54. The smallest absolute Gasteiger partial charge is 0.222 e. The van der Waals surface area contributed by atoms with Crippen LogP contribution in [0.15, 0.2) is 40.8 Å². The first-order chi connectivity index (χ1) is 7.49. The van der Waals surface area contributed by atoms with Gasteiger partial charge < -0.3 is 11.5 Å². The lowest BCUT2D eigenvalue weighted by Gasteiger charge is -2.01. The Morgan fingerprint density at radius 3 is 2.19 bits per heavy atom. The number of hydrogen-bond donors (Lipinski definition) is 2. The fourth-order valence-electron chi connectivity index (χ4n) is 1.15. The molecule has 4 heteroatoms. The predicted molar refractivity (Wildman–Crippen MR) is 69.1 cm³/mol. The van der Waals surface area contributed by atoms with E-state index in [9.17, 15) is 0 Å². The molecule has 0 aliphatic heterocycles. The van der Waals surface area contributed by atoms with Gasteiger partial charge in [0.1, 0.15) is 0 Å². The summed E-state index contributed by atoms with van der Waals surface area (Å²) in [4.78, 5) is 7.87. The normalized spacial score (nSPS) is 12.6. The summed E-state index contributed by atoms with van der Waals surface area (Å²) in [6, 6.07) is 7.86. The molecule has 0 unspecified atom stereocenters. The van der Waals surface area contributed by atoms with Gasteiger partial charge >= 0.3 is 0 Å². The lowest BCUT2D eigenvalue weighted by molar-refractivity contribution is 1.39. The standard InChI is InChI=1S/C12H16N4/c1-8-4-6-11(7-5-8)9(2)15-12(14)16-10(3)13/h4-7H,2H2,1,3H3,(H4,13,14,15,16). The van der Waals surface area contributed by atoms with Gasteiger partial charge in [0.05, 0.1) is 11.5 Å². The van der Waals surface area contributed by atoms with Crippen LogP contribution in [0.4, 0.5) is 0 Å². The molecule has 0 atom stereocenters. The highest BCUT2D eigenvalue weighted by molar-refractivity contribution is 5.95. The largest absolute Gasteiger partial charge is 0.387 e. The Labute approximate surface area is 95.4 Å². The van der Waals surface area contributed by atoms with Crippen molar-refractivity contribution in [3.05, 3.63) is 42.0 Å². The van der Waals surface area contributed by atoms with Crippen LogP contribution >= 0.6 is 0 Å². The molecule has 1 aromatic carbocycles. The molecule has 4 N–H and O–H groups in total. The van der Waals surface area contributed by atoms with Gasteiger partial charge in [0.2, 0.25) is 5.96 Å². The van der Waals surface area contributed by atoms with Gasteiger partial charge in [0, 0.05) is 0 Å². The van der Waals surface area contributed by atoms with Crippen molar-refractivity contribution in [2.75, 3.05) is 0 Å². The first-order valence-corrected chi connectivity index (χ1v) is 4.90. The van der Waals surface area contributed by atoms with Crippen LogP contribution in [0.25, 0.3) is 5.70 Å². The molecule has 0 heterocycles. The molecule has 0 aliphatic carbocycles. The van der Waals surface area contributed by atoms with Gasteiger partial charge in [-0.2, -0.15) is 0 Å². The molecule has 0 saturated heterocycles. The number of hydrogen-bond acceptors (Lipinski definition) is 1. The molecule has 0 aliphatic rings. The van der Waals surface area contributed by atoms with Crippen molar-refractivity contribution < 1.29 is 0 Å². The number of aryl methyl sites for hydroxylation is 1. The monoisotopic (exact) mass is 216 g/mol. The van der Waals surface area contributed by atoms with Gasteiger partial charge in [-0.05, 0) is 19.4 Å². The molecule has 16 heavy (non-hydrogen) atoms. The maximum atomic E-state index is 5.56. The first kappa shape index (κ1) is 12.0. The highest BCUT2D eigenvalue weighted by atomic mass is 15.1. The van der Waals surface area contributed by atoms with Crippen molar-refractivity contribution in [2.45, 2.75) is 13.8 Å². The van der Waals surface area contributed by atoms with Crippen LogP contribution in [-0.2, 0) is 0 Å². The third kappa shape index (κ3) is 3.57. The summed E-state index contributed by atoms with van der Waals surface area (Å²) in [5.74, 6) is 0.489. The highest BCUT2D eigenvalue weighted by Gasteiger charge is 1.97. The Hall–Kier alpha value is -2.10. The predicted octanol–water partition coefficient (Wildman–Crippen LogP) is 1.66. The number of aliphatic imine (C=N–C) groups is 2. The quantitative estimate of drug-likeness (QED) is 0.582. The Morgan fingerprint density at radius 2 is 1.69 bits per heavy atom. The molecule has 84 valence electrons. The molecular formula is C12H16N4. The molecule has 4 nitrogen and oxygen atoms in total. The third-order valence-electron chi connectivity index (χ3n) is 1.93. The zero-order valence-electron chi connectivity index (χ0n) is 9.57. The molecule has 0 saturated carbocycles. The van der Waals surface area contributed by atoms with E-state index in [0.717, 1.165) is 5.56 Å². The summed E-state index contributed by atoms with van der Waals surface area (Å²) in [7, 11) is 0. The van der Waals surface area contributed by atoms with E-state index in [2.05, 4.69) is 16.6 Å². The number of benzene rings is 1. The lowest BCUT2D eigenvalue weighted by atomic mass is 10.1. The maximum Gasteiger partial charge on any atom is 0.222 e. The molecule has 0 radical (unpaired) electrons. The number of nitrogens with zero attached hydrogens (tertiary/aromatic N) is 2. The van der Waals surface area contributed by atoms with Crippen molar-refractivity contribution in [1.29, 1.82) is 0 Å². The second-order valence-corrected chi connectivity index (χ2v) is 3.54. The lowest BCUT2D eigenvalue weighted by Crippen LogP contribution is -2.15. The van der Waals surface area contributed by atoms with E-state index in [1.807, 2.05) is 31.2 Å². The van der Waals surface area contributed by atoms with Crippen molar-refractivity contribution in [3.63, 3.8) is 0 Å². The molecular weight excluding hydrogens is 200 g/mol. The molecule has 0 bridgehead atoms. The minimum Gasteiger partial charge on any atom is -0.387 e. The van der Waals surface area contributed by atoms with Crippen LogP contribution in [0.3, 0.4) is 0 Å². The van der Waals surface area contributed by atoms with Crippen molar-refractivity contribution >= 4 is 17.5 Å². The number of nitrogens with two attached hydrogens (primary N) is 2. The van der Waals surface area contributed by atoms with Gasteiger partial charge in [0.25, 0.3) is 0 Å². The van der Waals surface area contributed by atoms with E-state index in [-0.39, 0.29) is 5.96 Å². The van der Waals surface area contributed by atoms with Crippen molar-refractivity contribution in [3.8, 4) is 0 Å². The summed E-state index contributed by atoms with van der Waals surface area (Å²) < 4.78 is 0. The second kappa shape index (κ2) is 5.11. The van der Waals surface area contributed by atoms with E-state index >= 15 is 0 Å². The van der Waals surface area contributed by atoms with Crippen LogP contribution in [0.5, 0.6) is 0 Å². The van der Waals surface area contributed by atoms with Gasteiger partial charge in [-0.25, -0.2) is 9.98 Å². The maximum absolute atomic E-state index is 5.56. The molecule has 0 fully saturated rings. The third-order valence-corrected chi connectivity index (χ3v) is 1.93. The van der Waals surface area contributed by atoms with Crippen molar-refractivity contribution in [2.24, 2.45) is 21.5 Å². The van der Waals surface area contributed by atoms with Gasteiger partial charge in [0.15, 0.2) is 0 Å². The van der Waals surface area contributed by atoms with Crippen LogP contribution in [0.2, 0.25) is 0 Å². The van der Waals surface area contributed by atoms with E-state index in [1.54, 1.807) is 6.92 Å². The van der Waals surface area contributed by atoms with Crippen LogP contribution in [-0.4, -0.2) is 11.8 Å². The summed E-state index contributed by atoms with van der Waals surface area (Å²) >= 11 is 0. The molecule has 0 spiro atoms. The molecule has 1 aromatic rings. The average Bonchev–Trinajstić information content (AvgIpc) is 2.16. The average molecular weight is 216 g/mol. The van der Waals surface area contributed by atoms with Crippen molar-refractivity contribution in [1.82, 2.24) is 0 Å². The Morgan fingerprint density at radius 1 is 1.12 bits per heavy atom. The van der Waals surface area contributed by atoms with E-state index in [1.165, 1.54) is 5.56 Å². The van der Waals surface area contributed by atoms with Gasteiger partial charge in [-0.3, -0.25) is 0 Å². The zero-order valence-corrected chi connectivity index (χ0v) is 9.57. The van der Waals surface area contributed by atoms with E-state index in [0.29, 0.717) is 11.5 Å². The number of amidine groups is 1. The van der Waals surface area contributed by atoms with Gasteiger partial charge in [-0.15, -0.1) is 0 Å². The fourth-order valence-corrected chi connectivity index (χ4v) is 1.15. The summed E-state index contributed by atoms with van der Waals surface area (Å²) in [6.07, 6.45) is 0. The fraction of sp³-hybridized carbons (Fsp3) is 0.167. The molecule has 1 rings (SSSR count). The van der Waals surface area contributed by atoms with Crippen LogP contribution < -0.4 is 11.5 Å². The number of guanidine groups is 1. The molecule has 0 amide bonds. The summed E-state index contributed by atoms with van der Waals surface area (Å²) in [5.41, 5.74) is 13.6. The van der Waals surface area contributed by atoms with E-state index in [4.69, 9.17) is 11.5 Å². The minimum absolute atomic E-state index is 0.116. The van der Waals surface area contributed by atoms with Crippen LogP contribution in [0, 0.1) is 6.92 Å². The van der Waals surface area contributed by atoms with E-state index < -0.39 is 0 Å². The Balaban J connectivity index is 2.87. The highest BCUT2D eigenvalue weighted by Crippen LogP contribution is 2.14. The summed E-state index contributed by atoms with van der Waals surface area (Å²) in [5, 5.41) is 0. The SMILES string of the molecule is C=C(N=C(N)N=C(C)N)c1ccc(C)cc1. The van der Waals surface area contributed by atoms with Crippen LogP contribution in [0.1, 0.15) is 18.1 Å². The Bertz CT molecular complexity index is 437. The summed E-state index contributed by atoms with van der Waals surface area (Å²) in [6.45, 7) is 7.49. The van der Waals surface area contributed by atoms with Gasteiger partial charge in [-0.1, -0.05) is 36.4 Å². The first-order valence-electron chi connectivity index (χ1n) is 4.90. The molecule has 0 aromatic heterocycles. The zero-order chi connectivity index (χ0) is 12.1. The minimum atomic E-state index is 0.116.